The third kappa shape index (κ3) is 1.91. The molecule has 80 valence electrons. The fourth-order valence-electron chi connectivity index (χ4n) is 1.25. The maximum atomic E-state index is 11.3. The molecule has 0 fully saturated rings. The molecule has 2 aromatic rings. The first kappa shape index (κ1) is 11.8. The molecule has 2 rings (SSSR count). The van der Waals surface area contributed by atoms with Crippen LogP contribution in [0.25, 0.3) is 10.9 Å². The van der Waals surface area contributed by atoms with Gasteiger partial charge in [-0.15, -0.1) is 12.4 Å². The Balaban J connectivity index is 0.00000112. The van der Waals surface area contributed by atoms with Crippen molar-refractivity contribution in [1.82, 2.24) is 9.97 Å². The van der Waals surface area contributed by atoms with Gasteiger partial charge in [-0.2, -0.15) is 0 Å². The Bertz CT molecular complexity index is 539. The summed E-state index contributed by atoms with van der Waals surface area (Å²) in [7, 11) is 1.51. The molecule has 0 radical (unpaired) electrons. The lowest BCUT2D eigenvalue weighted by molar-refractivity contribution is 0.415. The average molecular weight is 247 g/mol. The molecule has 0 saturated carbocycles. The Morgan fingerprint density at radius 1 is 1.47 bits per heavy atom. The Morgan fingerprint density at radius 3 is 2.87 bits per heavy atom. The molecular formula is C9H8Cl2N2O2. The van der Waals surface area contributed by atoms with E-state index in [0.29, 0.717) is 21.7 Å². The highest BCUT2D eigenvalue weighted by Gasteiger charge is 2.08. The van der Waals surface area contributed by atoms with E-state index in [4.69, 9.17) is 16.3 Å². The number of H-pyrrole nitrogens is 1. The minimum Gasteiger partial charge on any atom is -0.495 e. The van der Waals surface area contributed by atoms with E-state index >= 15 is 0 Å². The Morgan fingerprint density at radius 2 is 2.20 bits per heavy atom. The number of fused-ring (bicyclic) bond motifs is 1. The number of benzene rings is 1. The molecule has 0 aliphatic carbocycles. The van der Waals surface area contributed by atoms with Gasteiger partial charge in [-0.05, 0) is 12.1 Å². The van der Waals surface area contributed by atoms with Crippen molar-refractivity contribution in [3.63, 3.8) is 0 Å². The molecular weight excluding hydrogens is 239 g/mol. The van der Waals surface area contributed by atoms with Gasteiger partial charge in [0.2, 0.25) is 0 Å². The highest BCUT2D eigenvalue weighted by molar-refractivity contribution is 6.36. The van der Waals surface area contributed by atoms with Gasteiger partial charge in [-0.25, -0.2) is 4.98 Å². The minimum atomic E-state index is -0.209. The minimum absolute atomic E-state index is 0. The second kappa shape index (κ2) is 4.51. The Kier molecular flexibility index (Phi) is 3.55. The average Bonchev–Trinajstić information content (AvgIpc) is 2.20. The molecule has 0 atom stereocenters. The molecule has 4 nitrogen and oxygen atoms in total. The molecule has 1 aromatic carbocycles. The van der Waals surface area contributed by atoms with Crippen molar-refractivity contribution in [2.75, 3.05) is 7.11 Å². The van der Waals surface area contributed by atoms with Crippen molar-refractivity contribution in [2.24, 2.45) is 0 Å². The van der Waals surface area contributed by atoms with Crippen molar-refractivity contribution < 1.29 is 4.74 Å². The summed E-state index contributed by atoms with van der Waals surface area (Å²) in [6.07, 6.45) is 1.32. The summed E-state index contributed by atoms with van der Waals surface area (Å²) in [5.41, 5.74) is 0.245. The molecule has 0 unspecified atom stereocenters. The summed E-state index contributed by atoms with van der Waals surface area (Å²) in [4.78, 5) is 17.8. The van der Waals surface area contributed by atoms with Crippen molar-refractivity contribution >= 4 is 34.9 Å². The summed E-state index contributed by atoms with van der Waals surface area (Å²) in [5, 5.41) is 0.814. The first-order valence-corrected chi connectivity index (χ1v) is 4.31. The fourth-order valence-corrected chi connectivity index (χ4v) is 1.54. The van der Waals surface area contributed by atoms with Gasteiger partial charge < -0.3 is 9.72 Å². The molecule has 0 aliphatic heterocycles. The monoisotopic (exact) mass is 246 g/mol. The first-order chi connectivity index (χ1) is 6.74. The van der Waals surface area contributed by atoms with Crippen LogP contribution in [0.1, 0.15) is 0 Å². The summed E-state index contributed by atoms with van der Waals surface area (Å²) < 4.78 is 5.01. The van der Waals surface area contributed by atoms with E-state index < -0.39 is 0 Å². The van der Waals surface area contributed by atoms with Crippen LogP contribution in [0.3, 0.4) is 0 Å². The van der Waals surface area contributed by atoms with Crippen LogP contribution >= 0.6 is 24.0 Å². The highest BCUT2D eigenvalue weighted by Crippen LogP contribution is 2.29. The summed E-state index contributed by atoms with van der Waals surface area (Å²) in [6, 6.07) is 3.27. The molecule has 0 bridgehead atoms. The SMILES string of the molecule is COc1ccc2c(=O)[nH]cnc2c1Cl.Cl. The summed E-state index contributed by atoms with van der Waals surface area (Å²) in [5.74, 6) is 0.511. The van der Waals surface area contributed by atoms with Crippen LogP contribution in [-0.2, 0) is 0 Å². The standard InChI is InChI=1S/C9H7ClN2O2.ClH/c1-14-6-3-2-5-8(7(6)10)11-4-12-9(5)13;/h2-4H,1H3,(H,11,12,13);1H. The van der Waals surface area contributed by atoms with Crippen molar-refractivity contribution in [3.05, 3.63) is 33.8 Å². The zero-order valence-electron chi connectivity index (χ0n) is 7.78. The Hall–Kier alpha value is -1.26. The van der Waals surface area contributed by atoms with Gasteiger partial charge in [0.15, 0.2) is 0 Å². The maximum Gasteiger partial charge on any atom is 0.258 e. The lowest BCUT2D eigenvalue weighted by Crippen LogP contribution is -2.06. The maximum absolute atomic E-state index is 11.3. The fraction of sp³-hybridized carbons (Fsp3) is 0.111. The number of hydrogen-bond donors (Lipinski definition) is 1. The van der Waals surface area contributed by atoms with Crippen molar-refractivity contribution in [2.45, 2.75) is 0 Å². The van der Waals surface area contributed by atoms with Gasteiger partial charge in [0.25, 0.3) is 5.56 Å². The highest BCUT2D eigenvalue weighted by atomic mass is 35.5. The number of methoxy groups -OCH3 is 1. The topological polar surface area (TPSA) is 55.0 Å². The lowest BCUT2D eigenvalue weighted by Gasteiger charge is -2.04. The number of nitrogens with zero attached hydrogens (tertiary/aromatic N) is 1. The number of ether oxygens (including phenoxy) is 1. The molecule has 0 saturated heterocycles. The van der Waals surface area contributed by atoms with Crippen LogP contribution in [0.4, 0.5) is 0 Å². The zero-order valence-corrected chi connectivity index (χ0v) is 9.35. The molecule has 1 heterocycles. The number of nitrogens with one attached hydrogen (secondary N) is 1. The van der Waals surface area contributed by atoms with Crippen LogP contribution in [0, 0.1) is 0 Å². The second-order valence-electron chi connectivity index (χ2n) is 2.71. The van der Waals surface area contributed by atoms with Crippen LogP contribution in [0.15, 0.2) is 23.3 Å². The van der Waals surface area contributed by atoms with Gasteiger partial charge in [0.1, 0.15) is 10.8 Å². The number of rotatable bonds is 1. The molecule has 1 N–H and O–H groups in total. The number of hydrogen-bond acceptors (Lipinski definition) is 3. The van der Waals surface area contributed by atoms with Gasteiger partial charge in [-0.3, -0.25) is 4.79 Å². The van der Waals surface area contributed by atoms with E-state index in [0.717, 1.165) is 0 Å². The van der Waals surface area contributed by atoms with Crippen molar-refractivity contribution in [3.8, 4) is 5.75 Å². The molecule has 6 heteroatoms. The third-order valence-corrected chi connectivity index (χ3v) is 2.30. The summed E-state index contributed by atoms with van der Waals surface area (Å²) in [6.45, 7) is 0. The van der Waals surface area contributed by atoms with Crippen LogP contribution in [0.5, 0.6) is 5.75 Å². The van der Waals surface area contributed by atoms with E-state index in [9.17, 15) is 4.79 Å². The van der Waals surface area contributed by atoms with Crippen LogP contribution < -0.4 is 10.3 Å². The Labute approximate surface area is 96.6 Å². The second-order valence-corrected chi connectivity index (χ2v) is 3.09. The predicted molar refractivity (Wildman–Crippen MR) is 61.2 cm³/mol. The number of halogens is 2. The smallest absolute Gasteiger partial charge is 0.258 e. The number of aromatic amines is 1. The lowest BCUT2D eigenvalue weighted by atomic mass is 10.2. The first-order valence-electron chi connectivity index (χ1n) is 3.94. The van der Waals surface area contributed by atoms with E-state index in [1.165, 1.54) is 13.4 Å². The van der Waals surface area contributed by atoms with Crippen LogP contribution in [-0.4, -0.2) is 17.1 Å². The van der Waals surface area contributed by atoms with Gasteiger partial charge >= 0.3 is 0 Å². The van der Waals surface area contributed by atoms with Gasteiger partial charge in [-0.1, -0.05) is 11.6 Å². The van der Waals surface area contributed by atoms with Gasteiger partial charge in [0, 0.05) is 0 Å². The van der Waals surface area contributed by atoms with E-state index in [1.807, 2.05) is 0 Å². The quantitative estimate of drug-likeness (QED) is 0.838. The van der Waals surface area contributed by atoms with Crippen molar-refractivity contribution in [1.29, 1.82) is 0 Å². The van der Waals surface area contributed by atoms with E-state index in [-0.39, 0.29) is 18.0 Å². The molecule has 0 spiro atoms. The normalized spacial score (nSPS) is 9.73. The predicted octanol–water partition coefficient (Wildman–Crippen LogP) is 2.01. The molecule has 0 aliphatic rings. The van der Waals surface area contributed by atoms with E-state index in [2.05, 4.69) is 9.97 Å². The molecule has 0 amide bonds. The third-order valence-electron chi connectivity index (χ3n) is 1.93. The largest absolute Gasteiger partial charge is 0.495 e. The summed E-state index contributed by atoms with van der Waals surface area (Å²) >= 11 is 5.97. The zero-order chi connectivity index (χ0) is 10.1. The van der Waals surface area contributed by atoms with Crippen LogP contribution in [0.2, 0.25) is 5.02 Å². The van der Waals surface area contributed by atoms with E-state index in [1.54, 1.807) is 12.1 Å². The van der Waals surface area contributed by atoms with Gasteiger partial charge in [0.05, 0.1) is 24.3 Å². The molecule has 15 heavy (non-hydrogen) atoms. The number of aromatic nitrogens is 2. The molecule has 1 aromatic heterocycles.